The van der Waals surface area contributed by atoms with Crippen molar-refractivity contribution in [2.45, 2.75) is 20.8 Å². The van der Waals surface area contributed by atoms with E-state index in [1.807, 2.05) is 32.2 Å². The second-order valence-corrected chi connectivity index (χ2v) is 5.77. The lowest BCUT2D eigenvalue weighted by atomic mass is 9.94. The molecule has 4 heteroatoms. The summed E-state index contributed by atoms with van der Waals surface area (Å²) in [4.78, 5) is 12.2. The van der Waals surface area contributed by atoms with Gasteiger partial charge in [0.05, 0.1) is 5.92 Å². The Bertz CT molecular complexity index is 418. The van der Waals surface area contributed by atoms with Gasteiger partial charge in [0.25, 0.3) is 0 Å². The number of benzene rings is 1. The summed E-state index contributed by atoms with van der Waals surface area (Å²) in [6.07, 6.45) is 0. The average molecular weight is 313 g/mol. The van der Waals surface area contributed by atoms with Gasteiger partial charge in [0.2, 0.25) is 5.91 Å². The van der Waals surface area contributed by atoms with Gasteiger partial charge < -0.3 is 10.6 Å². The largest absolute Gasteiger partial charge is 0.326 e. The highest BCUT2D eigenvalue weighted by Crippen LogP contribution is 2.22. The van der Waals surface area contributed by atoms with Crippen LogP contribution in [0.15, 0.2) is 22.7 Å². The number of amides is 1. The van der Waals surface area contributed by atoms with E-state index in [2.05, 4.69) is 40.4 Å². The fourth-order valence-electron chi connectivity index (χ4n) is 1.81. The summed E-state index contributed by atoms with van der Waals surface area (Å²) >= 11 is 3.42. The first kappa shape index (κ1) is 15.2. The monoisotopic (exact) mass is 312 g/mol. The molecule has 0 aliphatic carbocycles. The topological polar surface area (TPSA) is 41.1 Å². The van der Waals surface area contributed by atoms with E-state index < -0.39 is 0 Å². The Kier molecular flexibility index (Phi) is 5.82. The third-order valence-electron chi connectivity index (χ3n) is 3.02. The molecule has 2 N–H and O–H groups in total. The van der Waals surface area contributed by atoms with Crippen molar-refractivity contribution in [2.75, 3.05) is 18.9 Å². The molecule has 1 aromatic rings. The number of carbonyl (C=O) groups is 1. The van der Waals surface area contributed by atoms with Crippen LogP contribution in [0.4, 0.5) is 5.69 Å². The molecule has 0 saturated carbocycles. The van der Waals surface area contributed by atoms with Gasteiger partial charge in [0, 0.05) is 16.7 Å². The van der Waals surface area contributed by atoms with Gasteiger partial charge in [-0.3, -0.25) is 4.79 Å². The number of anilines is 1. The van der Waals surface area contributed by atoms with Crippen molar-refractivity contribution in [1.29, 1.82) is 0 Å². The SMILES string of the molecule is CNCC(C(=O)Nc1cc(Br)ccc1C)C(C)C. The maximum absolute atomic E-state index is 12.2. The van der Waals surface area contributed by atoms with Crippen LogP contribution in [-0.4, -0.2) is 19.5 Å². The first-order valence-electron chi connectivity index (χ1n) is 6.17. The summed E-state index contributed by atoms with van der Waals surface area (Å²) in [6, 6.07) is 5.89. The molecule has 3 nitrogen and oxygen atoms in total. The second-order valence-electron chi connectivity index (χ2n) is 4.86. The van der Waals surface area contributed by atoms with Crippen molar-refractivity contribution >= 4 is 27.5 Å². The summed E-state index contributed by atoms with van der Waals surface area (Å²) in [5.41, 5.74) is 1.94. The van der Waals surface area contributed by atoms with Crippen molar-refractivity contribution in [1.82, 2.24) is 5.32 Å². The van der Waals surface area contributed by atoms with Gasteiger partial charge in [0.1, 0.15) is 0 Å². The number of rotatable bonds is 5. The van der Waals surface area contributed by atoms with E-state index in [1.54, 1.807) is 0 Å². The predicted molar refractivity (Wildman–Crippen MR) is 79.8 cm³/mol. The lowest BCUT2D eigenvalue weighted by Gasteiger charge is -2.20. The summed E-state index contributed by atoms with van der Waals surface area (Å²) < 4.78 is 0.970. The molecule has 0 saturated heterocycles. The highest BCUT2D eigenvalue weighted by molar-refractivity contribution is 9.10. The zero-order valence-corrected chi connectivity index (χ0v) is 13.0. The van der Waals surface area contributed by atoms with Crippen LogP contribution in [-0.2, 0) is 4.79 Å². The number of hydrogen-bond donors (Lipinski definition) is 2. The van der Waals surface area contributed by atoms with Crippen molar-refractivity contribution < 1.29 is 4.79 Å². The molecule has 1 aromatic carbocycles. The van der Waals surface area contributed by atoms with E-state index in [0.717, 1.165) is 15.7 Å². The van der Waals surface area contributed by atoms with Crippen molar-refractivity contribution in [3.05, 3.63) is 28.2 Å². The van der Waals surface area contributed by atoms with Crippen LogP contribution in [0.1, 0.15) is 19.4 Å². The number of hydrogen-bond acceptors (Lipinski definition) is 2. The van der Waals surface area contributed by atoms with Crippen LogP contribution in [0.25, 0.3) is 0 Å². The quantitative estimate of drug-likeness (QED) is 0.876. The van der Waals surface area contributed by atoms with Gasteiger partial charge >= 0.3 is 0 Å². The Morgan fingerprint density at radius 3 is 2.61 bits per heavy atom. The third kappa shape index (κ3) is 4.10. The highest BCUT2D eigenvalue weighted by Gasteiger charge is 2.21. The zero-order valence-electron chi connectivity index (χ0n) is 11.4. The van der Waals surface area contributed by atoms with E-state index in [9.17, 15) is 4.79 Å². The number of nitrogens with one attached hydrogen (secondary N) is 2. The minimum absolute atomic E-state index is 0.0200. The van der Waals surface area contributed by atoms with Gasteiger partial charge in [0.15, 0.2) is 0 Å². The molecule has 0 aromatic heterocycles. The Morgan fingerprint density at radius 2 is 2.06 bits per heavy atom. The van der Waals surface area contributed by atoms with Gasteiger partial charge in [-0.2, -0.15) is 0 Å². The van der Waals surface area contributed by atoms with E-state index in [0.29, 0.717) is 12.5 Å². The van der Waals surface area contributed by atoms with Crippen LogP contribution in [0.3, 0.4) is 0 Å². The second kappa shape index (κ2) is 6.90. The fourth-order valence-corrected chi connectivity index (χ4v) is 2.17. The Balaban J connectivity index is 2.82. The molecule has 0 aliphatic rings. The molecular formula is C14H21BrN2O. The minimum atomic E-state index is -0.0200. The zero-order chi connectivity index (χ0) is 13.7. The number of halogens is 1. The molecule has 0 aliphatic heterocycles. The maximum Gasteiger partial charge on any atom is 0.229 e. The molecule has 1 rings (SSSR count). The molecule has 0 fully saturated rings. The van der Waals surface area contributed by atoms with Crippen LogP contribution in [0.5, 0.6) is 0 Å². The van der Waals surface area contributed by atoms with Crippen LogP contribution < -0.4 is 10.6 Å². The minimum Gasteiger partial charge on any atom is -0.326 e. The van der Waals surface area contributed by atoms with E-state index >= 15 is 0 Å². The fraction of sp³-hybridized carbons (Fsp3) is 0.500. The van der Waals surface area contributed by atoms with Gasteiger partial charge in [-0.25, -0.2) is 0 Å². The van der Waals surface area contributed by atoms with E-state index in [4.69, 9.17) is 0 Å². The summed E-state index contributed by atoms with van der Waals surface area (Å²) in [5.74, 6) is 0.360. The molecule has 0 bridgehead atoms. The van der Waals surface area contributed by atoms with Crippen molar-refractivity contribution in [2.24, 2.45) is 11.8 Å². The third-order valence-corrected chi connectivity index (χ3v) is 3.52. The molecule has 100 valence electrons. The van der Waals surface area contributed by atoms with Crippen molar-refractivity contribution in [3.63, 3.8) is 0 Å². The molecule has 1 atom stereocenters. The molecular weight excluding hydrogens is 292 g/mol. The normalized spacial score (nSPS) is 12.6. The molecule has 0 radical (unpaired) electrons. The standard InChI is InChI=1S/C14H21BrN2O/c1-9(2)12(8-16-4)14(18)17-13-7-11(15)6-5-10(13)3/h5-7,9,12,16H,8H2,1-4H3,(H,17,18). The van der Waals surface area contributed by atoms with Crippen molar-refractivity contribution in [3.8, 4) is 0 Å². The van der Waals surface area contributed by atoms with Gasteiger partial charge in [-0.1, -0.05) is 35.8 Å². The maximum atomic E-state index is 12.2. The molecule has 1 amide bonds. The summed E-state index contributed by atoms with van der Waals surface area (Å²) in [5, 5.41) is 6.08. The first-order chi connectivity index (χ1) is 8.45. The molecule has 18 heavy (non-hydrogen) atoms. The first-order valence-corrected chi connectivity index (χ1v) is 6.96. The van der Waals surface area contributed by atoms with Crippen LogP contribution >= 0.6 is 15.9 Å². The summed E-state index contributed by atoms with van der Waals surface area (Å²) in [7, 11) is 1.87. The van der Waals surface area contributed by atoms with Gasteiger partial charge in [-0.15, -0.1) is 0 Å². The Hall–Kier alpha value is -0.870. The Labute approximate surface area is 117 Å². The van der Waals surface area contributed by atoms with E-state index in [-0.39, 0.29) is 11.8 Å². The predicted octanol–water partition coefficient (Wildman–Crippen LogP) is 3.19. The summed E-state index contributed by atoms with van der Waals surface area (Å²) in [6.45, 7) is 6.81. The highest BCUT2D eigenvalue weighted by atomic mass is 79.9. The average Bonchev–Trinajstić information content (AvgIpc) is 2.30. The van der Waals surface area contributed by atoms with Gasteiger partial charge in [-0.05, 0) is 37.6 Å². The van der Waals surface area contributed by atoms with E-state index in [1.165, 1.54) is 0 Å². The van der Waals surface area contributed by atoms with Crippen LogP contribution in [0.2, 0.25) is 0 Å². The lowest BCUT2D eigenvalue weighted by Crippen LogP contribution is -2.34. The molecule has 0 spiro atoms. The molecule has 1 unspecified atom stereocenters. The smallest absolute Gasteiger partial charge is 0.229 e. The number of aryl methyl sites for hydroxylation is 1. The lowest BCUT2D eigenvalue weighted by molar-refractivity contribution is -0.120. The Morgan fingerprint density at radius 1 is 1.39 bits per heavy atom. The molecule has 0 heterocycles. The van der Waals surface area contributed by atoms with Crippen LogP contribution in [0, 0.1) is 18.8 Å². The number of carbonyl (C=O) groups excluding carboxylic acids is 1.